The zero-order chi connectivity index (χ0) is 13.3. The van der Waals surface area contributed by atoms with Crippen LogP contribution in [0.3, 0.4) is 0 Å². The van der Waals surface area contributed by atoms with Crippen LogP contribution in [0, 0.1) is 22.6 Å². The molecule has 0 N–H and O–H groups in total. The molecule has 100 valence electrons. The number of halogens is 1. The lowest BCUT2D eigenvalue weighted by Crippen LogP contribution is -2.56. The first kappa shape index (κ1) is 12.6. The number of hydrogen-bond acceptors (Lipinski definition) is 2. The van der Waals surface area contributed by atoms with Gasteiger partial charge in [-0.05, 0) is 30.4 Å². The molecular weight excluding hydrogens is 239 g/mol. The quantitative estimate of drug-likeness (QED) is 0.812. The number of nitrogens with zero attached hydrogens (tertiary/aromatic N) is 2. The lowest BCUT2D eigenvalue weighted by molar-refractivity contribution is -0.0337. The van der Waals surface area contributed by atoms with Crippen LogP contribution in [0.4, 0.5) is 4.39 Å². The average Bonchev–Trinajstić information content (AvgIpc) is 2.40. The van der Waals surface area contributed by atoms with E-state index in [4.69, 9.17) is 5.26 Å². The van der Waals surface area contributed by atoms with E-state index in [1.54, 1.807) is 12.1 Å². The number of benzene rings is 1. The van der Waals surface area contributed by atoms with E-state index in [-0.39, 0.29) is 5.82 Å². The normalized spacial score (nSPS) is 21.9. The summed E-state index contributed by atoms with van der Waals surface area (Å²) in [5, 5.41) is 8.73. The number of hydrogen-bond donors (Lipinski definition) is 0. The van der Waals surface area contributed by atoms with E-state index in [0.29, 0.717) is 23.1 Å². The first-order valence-electron chi connectivity index (χ1n) is 7.12. The third-order valence-corrected chi connectivity index (χ3v) is 4.61. The van der Waals surface area contributed by atoms with Gasteiger partial charge in [-0.25, -0.2) is 4.39 Å². The molecule has 0 radical (unpaired) electrons. The molecule has 0 amide bonds. The summed E-state index contributed by atoms with van der Waals surface area (Å²) >= 11 is 0. The fraction of sp³-hybridized carbons (Fsp3) is 0.562. The molecule has 1 aliphatic heterocycles. The standard InChI is InChI=1S/C16H19FN2/c17-15-8-13(9-18)4-5-14(15)10-19-11-16(12-19)6-2-1-3-7-16/h4-5,8H,1-3,6-7,10-12H2. The van der Waals surface area contributed by atoms with Crippen LogP contribution in [0.15, 0.2) is 18.2 Å². The highest BCUT2D eigenvalue weighted by molar-refractivity contribution is 5.33. The molecule has 1 aromatic rings. The van der Waals surface area contributed by atoms with Gasteiger partial charge in [-0.3, -0.25) is 4.90 Å². The van der Waals surface area contributed by atoms with Crippen molar-refractivity contribution in [2.75, 3.05) is 13.1 Å². The zero-order valence-electron chi connectivity index (χ0n) is 11.2. The van der Waals surface area contributed by atoms with Crippen molar-refractivity contribution in [1.29, 1.82) is 5.26 Å². The molecular formula is C16H19FN2. The van der Waals surface area contributed by atoms with Gasteiger partial charge >= 0.3 is 0 Å². The van der Waals surface area contributed by atoms with E-state index in [0.717, 1.165) is 13.1 Å². The van der Waals surface area contributed by atoms with E-state index in [9.17, 15) is 4.39 Å². The molecule has 2 aliphatic rings. The van der Waals surface area contributed by atoms with E-state index in [2.05, 4.69) is 4.90 Å². The molecule has 1 heterocycles. The number of nitriles is 1. The van der Waals surface area contributed by atoms with E-state index in [1.165, 1.54) is 38.2 Å². The summed E-state index contributed by atoms with van der Waals surface area (Å²) in [6.07, 6.45) is 6.79. The maximum Gasteiger partial charge on any atom is 0.129 e. The highest BCUT2D eigenvalue weighted by Gasteiger charge is 2.42. The fourth-order valence-electron chi connectivity index (χ4n) is 3.62. The minimum atomic E-state index is -0.247. The van der Waals surface area contributed by atoms with Gasteiger partial charge in [0.05, 0.1) is 11.6 Å². The Bertz CT molecular complexity index is 504. The number of rotatable bonds is 2. The van der Waals surface area contributed by atoms with Crippen LogP contribution in [-0.4, -0.2) is 18.0 Å². The van der Waals surface area contributed by atoms with Crippen molar-refractivity contribution in [2.45, 2.75) is 38.6 Å². The summed E-state index contributed by atoms with van der Waals surface area (Å²) in [6.45, 7) is 2.91. The van der Waals surface area contributed by atoms with Crippen molar-refractivity contribution in [3.63, 3.8) is 0 Å². The smallest absolute Gasteiger partial charge is 0.129 e. The second-order valence-electron chi connectivity index (χ2n) is 6.12. The second-order valence-corrected chi connectivity index (χ2v) is 6.12. The molecule has 1 saturated heterocycles. The molecule has 0 aromatic heterocycles. The highest BCUT2D eigenvalue weighted by Crippen LogP contribution is 2.44. The van der Waals surface area contributed by atoms with Gasteiger partial charge in [-0.15, -0.1) is 0 Å². The second kappa shape index (κ2) is 4.94. The van der Waals surface area contributed by atoms with Crippen LogP contribution in [0.25, 0.3) is 0 Å². The summed E-state index contributed by atoms with van der Waals surface area (Å²) in [5.41, 5.74) is 1.65. The average molecular weight is 258 g/mol. The molecule has 0 atom stereocenters. The molecule has 3 heteroatoms. The van der Waals surface area contributed by atoms with Gasteiger partial charge in [-0.2, -0.15) is 5.26 Å². The Morgan fingerprint density at radius 2 is 1.95 bits per heavy atom. The monoisotopic (exact) mass is 258 g/mol. The predicted molar refractivity (Wildman–Crippen MR) is 71.9 cm³/mol. The summed E-state index contributed by atoms with van der Waals surface area (Å²) < 4.78 is 13.8. The van der Waals surface area contributed by atoms with Gasteiger partial charge in [0.25, 0.3) is 0 Å². The molecule has 19 heavy (non-hydrogen) atoms. The van der Waals surface area contributed by atoms with Crippen molar-refractivity contribution in [1.82, 2.24) is 4.90 Å². The van der Waals surface area contributed by atoms with E-state index in [1.807, 2.05) is 6.07 Å². The van der Waals surface area contributed by atoms with Crippen LogP contribution < -0.4 is 0 Å². The van der Waals surface area contributed by atoms with Crippen LogP contribution in [0.5, 0.6) is 0 Å². The Morgan fingerprint density at radius 1 is 1.21 bits per heavy atom. The third kappa shape index (κ3) is 2.50. The van der Waals surface area contributed by atoms with Crippen molar-refractivity contribution in [2.24, 2.45) is 5.41 Å². The molecule has 1 aromatic carbocycles. The Kier molecular flexibility index (Phi) is 3.28. The maximum atomic E-state index is 13.8. The lowest BCUT2D eigenvalue weighted by Gasteiger charge is -2.52. The topological polar surface area (TPSA) is 27.0 Å². The largest absolute Gasteiger partial charge is 0.298 e. The van der Waals surface area contributed by atoms with E-state index < -0.39 is 0 Å². The minimum absolute atomic E-state index is 0.247. The SMILES string of the molecule is N#Cc1ccc(CN2CC3(CCCCC3)C2)c(F)c1. The first-order chi connectivity index (χ1) is 9.21. The van der Waals surface area contributed by atoms with Crippen LogP contribution in [0.1, 0.15) is 43.2 Å². The Hall–Kier alpha value is -1.40. The third-order valence-electron chi connectivity index (χ3n) is 4.61. The number of likely N-dealkylation sites (tertiary alicyclic amines) is 1. The lowest BCUT2D eigenvalue weighted by atomic mass is 9.68. The van der Waals surface area contributed by atoms with Gasteiger partial charge in [0.2, 0.25) is 0 Å². The molecule has 0 bridgehead atoms. The van der Waals surface area contributed by atoms with Crippen molar-refractivity contribution >= 4 is 0 Å². The van der Waals surface area contributed by atoms with Gasteiger partial charge in [0.1, 0.15) is 5.82 Å². The zero-order valence-corrected chi connectivity index (χ0v) is 11.2. The first-order valence-corrected chi connectivity index (χ1v) is 7.12. The van der Waals surface area contributed by atoms with Gasteiger partial charge in [0.15, 0.2) is 0 Å². The molecule has 2 nitrogen and oxygen atoms in total. The van der Waals surface area contributed by atoms with Gasteiger partial charge < -0.3 is 0 Å². The van der Waals surface area contributed by atoms with E-state index >= 15 is 0 Å². The molecule has 2 fully saturated rings. The Balaban J connectivity index is 1.60. The molecule has 1 aliphatic carbocycles. The fourth-order valence-corrected chi connectivity index (χ4v) is 3.62. The Morgan fingerprint density at radius 3 is 2.58 bits per heavy atom. The molecule has 1 saturated carbocycles. The maximum absolute atomic E-state index is 13.8. The predicted octanol–water partition coefficient (Wildman–Crippen LogP) is 3.46. The van der Waals surface area contributed by atoms with Crippen LogP contribution in [0.2, 0.25) is 0 Å². The molecule has 0 unspecified atom stereocenters. The van der Waals surface area contributed by atoms with Crippen LogP contribution in [-0.2, 0) is 6.54 Å². The van der Waals surface area contributed by atoms with Gasteiger partial charge in [0, 0.05) is 25.2 Å². The molecule has 1 spiro atoms. The van der Waals surface area contributed by atoms with Crippen molar-refractivity contribution in [3.05, 3.63) is 35.1 Å². The summed E-state index contributed by atoms with van der Waals surface area (Å²) in [5.74, 6) is -0.247. The minimum Gasteiger partial charge on any atom is -0.298 e. The van der Waals surface area contributed by atoms with Crippen molar-refractivity contribution in [3.8, 4) is 6.07 Å². The van der Waals surface area contributed by atoms with Gasteiger partial charge in [-0.1, -0.05) is 25.3 Å². The molecule has 3 rings (SSSR count). The summed E-state index contributed by atoms with van der Waals surface area (Å²) in [7, 11) is 0. The van der Waals surface area contributed by atoms with Crippen molar-refractivity contribution < 1.29 is 4.39 Å². The highest BCUT2D eigenvalue weighted by atomic mass is 19.1. The Labute approximate surface area is 113 Å². The van der Waals surface area contributed by atoms with Crippen LogP contribution >= 0.6 is 0 Å². The summed E-state index contributed by atoms with van der Waals surface area (Å²) in [6, 6.07) is 6.76. The summed E-state index contributed by atoms with van der Waals surface area (Å²) in [4.78, 5) is 2.33.